The van der Waals surface area contributed by atoms with Crippen LogP contribution < -0.4 is 5.32 Å². The highest BCUT2D eigenvalue weighted by Gasteiger charge is 2.35. The second kappa shape index (κ2) is 5.67. The van der Waals surface area contributed by atoms with Crippen LogP contribution in [0.4, 0.5) is 5.69 Å². The van der Waals surface area contributed by atoms with Crippen molar-refractivity contribution < 1.29 is 9.47 Å². The lowest BCUT2D eigenvalue weighted by atomic mass is 10.3. The Bertz CT molecular complexity index is 286. The van der Waals surface area contributed by atoms with Gasteiger partial charge in [0.15, 0.2) is 0 Å². The smallest absolute Gasteiger partial charge is 0.260 e. The Morgan fingerprint density at radius 2 is 1.73 bits per heavy atom. The molecule has 4 heteroatoms. The fraction of sp³-hybridized carbons (Fsp3) is 0.455. The molecule has 1 rings (SSSR count). The summed E-state index contributed by atoms with van der Waals surface area (Å²) in [4.78, 5) is 0. The van der Waals surface area contributed by atoms with Crippen LogP contribution in [-0.2, 0) is 9.47 Å². The molecule has 1 atom stereocenters. The monoisotopic (exact) mass is 321 g/mol. The minimum atomic E-state index is -0.776. The van der Waals surface area contributed by atoms with E-state index in [1.54, 1.807) is 14.2 Å². The maximum absolute atomic E-state index is 5.41. The standard InChI is InChI=1S/C11H16INO2/c1-9(12)11(14-2,15-3)13-10-7-5-4-6-8-10/h4-9,13H,1-3H3. The SMILES string of the molecule is COC(Nc1ccccc1)(OC)C(C)I. The molecular weight excluding hydrogens is 305 g/mol. The first kappa shape index (κ1) is 12.7. The summed E-state index contributed by atoms with van der Waals surface area (Å²) in [5.74, 6) is -0.776. The summed E-state index contributed by atoms with van der Waals surface area (Å²) in [6.07, 6.45) is 0. The fourth-order valence-corrected chi connectivity index (χ4v) is 2.00. The van der Waals surface area contributed by atoms with Gasteiger partial charge in [0.1, 0.15) is 0 Å². The zero-order valence-corrected chi connectivity index (χ0v) is 11.3. The van der Waals surface area contributed by atoms with Gasteiger partial charge in [0.05, 0.1) is 3.92 Å². The number of methoxy groups -OCH3 is 2. The third-order valence-corrected chi connectivity index (χ3v) is 3.04. The molecule has 0 aliphatic heterocycles. The third kappa shape index (κ3) is 3.06. The number of rotatable bonds is 5. The van der Waals surface area contributed by atoms with Crippen molar-refractivity contribution in [3.63, 3.8) is 0 Å². The molecule has 1 N–H and O–H groups in total. The lowest BCUT2D eigenvalue weighted by Crippen LogP contribution is -2.48. The lowest BCUT2D eigenvalue weighted by molar-refractivity contribution is -0.179. The van der Waals surface area contributed by atoms with Crippen LogP contribution in [0, 0.1) is 0 Å². The van der Waals surface area contributed by atoms with Crippen molar-refractivity contribution in [3.8, 4) is 0 Å². The van der Waals surface area contributed by atoms with Crippen molar-refractivity contribution in [1.29, 1.82) is 0 Å². The molecule has 0 amide bonds. The molecule has 0 saturated heterocycles. The summed E-state index contributed by atoms with van der Waals surface area (Å²) in [5, 5.41) is 3.24. The first-order valence-corrected chi connectivity index (χ1v) is 5.97. The van der Waals surface area contributed by atoms with E-state index < -0.39 is 5.91 Å². The number of anilines is 1. The molecule has 0 aliphatic carbocycles. The molecule has 0 aliphatic rings. The molecule has 0 aromatic heterocycles. The number of halogens is 1. The van der Waals surface area contributed by atoms with Crippen LogP contribution in [0.25, 0.3) is 0 Å². The van der Waals surface area contributed by atoms with Crippen LogP contribution >= 0.6 is 22.6 Å². The summed E-state index contributed by atoms with van der Waals surface area (Å²) in [6.45, 7) is 2.03. The van der Waals surface area contributed by atoms with E-state index in [0.29, 0.717) is 0 Å². The Morgan fingerprint density at radius 1 is 1.20 bits per heavy atom. The van der Waals surface area contributed by atoms with Crippen LogP contribution in [0.2, 0.25) is 0 Å². The highest BCUT2D eigenvalue weighted by atomic mass is 127. The van der Waals surface area contributed by atoms with Gasteiger partial charge >= 0.3 is 0 Å². The van der Waals surface area contributed by atoms with E-state index in [4.69, 9.17) is 9.47 Å². The predicted octanol–water partition coefficient (Wildman–Crippen LogP) is 2.87. The highest BCUT2D eigenvalue weighted by Crippen LogP contribution is 2.25. The summed E-state index contributed by atoms with van der Waals surface area (Å²) in [7, 11) is 3.27. The molecule has 0 saturated carbocycles. The first-order valence-electron chi connectivity index (χ1n) is 4.72. The Balaban J connectivity index is 2.84. The largest absolute Gasteiger partial charge is 0.335 e. The number of ether oxygens (including phenoxy) is 2. The molecular formula is C11H16INO2. The lowest BCUT2D eigenvalue weighted by Gasteiger charge is -2.34. The minimum absolute atomic E-state index is 0.172. The second-order valence-corrected chi connectivity index (χ2v) is 5.05. The summed E-state index contributed by atoms with van der Waals surface area (Å²) in [6, 6.07) is 9.87. The van der Waals surface area contributed by atoms with E-state index >= 15 is 0 Å². The Kier molecular flexibility index (Phi) is 4.82. The van der Waals surface area contributed by atoms with Gasteiger partial charge in [-0.25, -0.2) is 0 Å². The number of alkyl halides is 1. The van der Waals surface area contributed by atoms with Gasteiger partial charge in [0.2, 0.25) is 0 Å². The van der Waals surface area contributed by atoms with Gasteiger partial charge in [-0.05, 0) is 19.1 Å². The molecule has 1 aromatic rings. The van der Waals surface area contributed by atoms with Gasteiger partial charge < -0.3 is 14.8 Å². The number of para-hydroxylation sites is 1. The topological polar surface area (TPSA) is 30.5 Å². The molecule has 3 nitrogen and oxygen atoms in total. The average Bonchev–Trinajstić information content (AvgIpc) is 2.27. The van der Waals surface area contributed by atoms with Crippen molar-refractivity contribution in [2.24, 2.45) is 0 Å². The Hall–Kier alpha value is -0.330. The van der Waals surface area contributed by atoms with Crippen molar-refractivity contribution in [3.05, 3.63) is 30.3 Å². The molecule has 0 fully saturated rings. The molecule has 1 unspecified atom stereocenters. The Morgan fingerprint density at radius 3 is 2.13 bits per heavy atom. The summed E-state index contributed by atoms with van der Waals surface area (Å²) in [5.41, 5.74) is 0.977. The average molecular weight is 321 g/mol. The zero-order chi connectivity index (χ0) is 11.3. The number of nitrogens with one attached hydrogen (secondary N) is 1. The van der Waals surface area contributed by atoms with Crippen LogP contribution in [0.3, 0.4) is 0 Å². The van der Waals surface area contributed by atoms with Crippen molar-refractivity contribution >= 4 is 28.3 Å². The van der Waals surface area contributed by atoms with Crippen molar-refractivity contribution in [2.75, 3.05) is 19.5 Å². The summed E-state index contributed by atoms with van der Waals surface area (Å²) >= 11 is 2.27. The minimum Gasteiger partial charge on any atom is -0.335 e. The number of hydrogen-bond acceptors (Lipinski definition) is 3. The molecule has 0 radical (unpaired) electrons. The number of benzene rings is 1. The third-order valence-electron chi connectivity index (χ3n) is 2.22. The van der Waals surface area contributed by atoms with Gasteiger partial charge in [-0.1, -0.05) is 40.8 Å². The molecule has 0 bridgehead atoms. The van der Waals surface area contributed by atoms with Gasteiger partial charge in [0.25, 0.3) is 5.91 Å². The second-order valence-electron chi connectivity index (χ2n) is 3.18. The van der Waals surface area contributed by atoms with E-state index in [1.807, 2.05) is 37.3 Å². The van der Waals surface area contributed by atoms with E-state index in [0.717, 1.165) is 5.69 Å². The van der Waals surface area contributed by atoms with E-state index in [2.05, 4.69) is 27.9 Å². The molecule has 0 spiro atoms. The molecule has 84 valence electrons. The van der Waals surface area contributed by atoms with Gasteiger partial charge in [-0.2, -0.15) is 0 Å². The van der Waals surface area contributed by atoms with Crippen LogP contribution in [-0.4, -0.2) is 24.1 Å². The molecule has 15 heavy (non-hydrogen) atoms. The fourth-order valence-electron chi connectivity index (χ4n) is 1.33. The summed E-state index contributed by atoms with van der Waals surface area (Å²) < 4.78 is 11.0. The van der Waals surface area contributed by atoms with Crippen molar-refractivity contribution in [2.45, 2.75) is 16.8 Å². The van der Waals surface area contributed by atoms with Gasteiger partial charge in [-0.3, -0.25) is 0 Å². The number of hydrogen-bond donors (Lipinski definition) is 1. The first-order chi connectivity index (χ1) is 7.14. The molecule has 1 aromatic carbocycles. The predicted molar refractivity (Wildman–Crippen MR) is 70.3 cm³/mol. The van der Waals surface area contributed by atoms with Crippen molar-refractivity contribution in [1.82, 2.24) is 0 Å². The molecule has 0 heterocycles. The quantitative estimate of drug-likeness (QED) is 0.514. The van der Waals surface area contributed by atoms with Crippen LogP contribution in [0.15, 0.2) is 30.3 Å². The normalized spacial score (nSPS) is 13.6. The highest BCUT2D eigenvalue weighted by molar-refractivity contribution is 14.1. The van der Waals surface area contributed by atoms with Gasteiger partial charge in [0, 0.05) is 19.9 Å². The van der Waals surface area contributed by atoms with E-state index in [1.165, 1.54) is 0 Å². The van der Waals surface area contributed by atoms with E-state index in [9.17, 15) is 0 Å². The van der Waals surface area contributed by atoms with E-state index in [-0.39, 0.29) is 3.92 Å². The maximum atomic E-state index is 5.41. The van der Waals surface area contributed by atoms with Gasteiger partial charge in [-0.15, -0.1) is 0 Å². The Labute approximate surface area is 104 Å². The zero-order valence-electron chi connectivity index (χ0n) is 9.16. The van der Waals surface area contributed by atoms with Crippen LogP contribution in [0.5, 0.6) is 0 Å². The van der Waals surface area contributed by atoms with Crippen LogP contribution in [0.1, 0.15) is 6.92 Å². The maximum Gasteiger partial charge on any atom is 0.260 e.